The van der Waals surface area contributed by atoms with Gasteiger partial charge >= 0.3 is 5.97 Å². The first-order chi connectivity index (χ1) is 10.1. The summed E-state index contributed by atoms with van der Waals surface area (Å²) in [5, 5.41) is 8.81. The minimum Gasteiger partial charge on any atom is -0.464 e. The summed E-state index contributed by atoms with van der Waals surface area (Å²) in [7, 11) is 2.80. The Morgan fingerprint density at radius 2 is 1.95 bits per heavy atom. The van der Waals surface area contributed by atoms with Crippen molar-refractivity contribution in [2.24, 2.45) is 0 Å². The van der Waals surface area contributed by atoms with E-state index in [0.29, 0.717) is 21.3 Å². The van der Waals surface area contributed by atoms with E-state index in [1.54, 1.807) is 18.2 Å². The Bertz CT molecular complexity index is 638. The maximum atomic E-state index is 11.7. The number of hydrogen-bond donors (Lipinski definition) is 0. The zero-order valence-corrected chi connectivity index (χ0v) is 13.0. The molecule has 1 aromatic carbocycles. The molecule has 0 saturated heterocycles. The number of hydrogen-bond acceptors (Lipinski definition) is 5. The number of halogens is 2. The van der Waals surface area contributed by atoms with Gasteiger partial charge in [0.2, 0.25) is 0 Å². The molecule has 0 saturated carbocycles. The van der Waals surface area contributed by atoms with E-state index in [0.717, 1.165) is 0 Å². The fourth-order valence-corrected chi connectivity index (χ4v) is 2.34. The van der Waals surface area contributed by atoms with Crippen molar-refractivity contribution in [2.75, 3.05) is 14.2 Å². The van der Waals surface area contributed by atoms with Crippen LogP contribution in [0.25, 0.3) is 0 Å². The summed E-state index contributed by atoms with van der Waals surface area (Å²) >= 11 is 12.3. The second kappa shape index (κ2) is 6.89. The standard InChI is InChI=1S/C13H13Cl2N3O3/c1-20-7-11-12(13(19)21-2)16-17-18(11)6-8-9(14)4-3-5-10(8)15/h3-5H,6-7H2,1-2H3. The number of rotatable bonds is 5. The number of methoxy groups -OCH3 is 2. The number of nitrogens with zero attached hydrogens (tertiary/aromatic N) is 3. The van der Waals surface area contributed by atoms with Gasteiger partial charge in [-0.2, -0.15) is 0 Å². The first-order valence-electron chi connectivity index (χ1n) is 6.01. The van der Waals surface area contributed by atoms with Crippen LogP contribution in [0.1, 0.15) is 21.7 Å². The molecule has 0 spiro atoms. The molecule has 1 aromatic heterocycles. The molecule has 0 amide bonds. The summed E-state index contributed by atoms with van der Waals surface area (Å²) < 4.78 is 11.3. The summed E-state index contributed by atoms with van der Waals surface area (Å²) in [6.07, 6.45) is 0. The zero-order chi connectivity index (χ0) is 15.4. The number of benzene rings is 1. The average Bonchev–Trinajstić information content (AvgIpc) is 2.86. The minimum atomic E-state index is -0.571. The second-order valence-corrected chi connectivity index (χ2v) is 4.98. The molecule has 0 bridgehead atoms. The topological polar surface area (TPSA) is 66.2 Å². The monoisotopic (exact) mass is 329 g/mol. The molecule has 0 atom stereocenters. The minimum absolute atomic E-state index is 0.113. The Labute approximate surface area is 131 Å². The third kappa shape index (κ3) is 3.34. The van der Waals surface area contributed by atoms with Crippen LogP contribution in [-0.4, -0.2) is 35.2 Å². The van der Waals surface area contributed by atoms with Gasteiger partial charge in [-0.25, -0.2) is 9.48 Å². The van der Waals surface area contributed by atoms with Gasteiger partial charge in [0, 0.05) is 22.7 Å². The van der Waals surface area contributed by atoms with Crippen LogP contribution in [0.4, 0.5) is 0 Å². The van der Waals surface area contributed by atoms with Gasteiger partial charge < -0.3 is 9.47 Å². The lowest BCUT2D eigenvalue weighted by atomic mass is 10.2. The molecule has 2 rings (SSSR count). The lowest BCUT2D eigenvalue weighted by molar-refractivity contribution is 0.0588. The van der Waals surface area contributed by atoms with Gasteiger partial charge in [0.25, 0.3) is 0 Å². The van der Waals surface area contributed by atoms with Crippen LogP contribution in [0, 0.1) is 0 Å². The highest BCUT2D eigenvalue weighted by Crippen LogP contribution is 2.25. The van der Waals surface area contributed by atoms with Crippen LogP contribution < -0.4 is 0 Å². The smallest absolute Gasteiger partial charge is 0.360 e. The highest BCUT2D eigenvalue weighted by atomic mass is 35.5. The van der Waals surface area contributed by atoms with Gasteiger partial charge in [0.05, 0.1) is 26.0 Å². The van der Waals surface area contributed by atoms with Crippen LogP contribution in [0.3, 0.4) is 0 Å². The first kappa shape index (κ1) is 15.8. The SMILES string of the molecule is COCc1c(C(=O)OC)nnn1Cc1c(Cl)cccc1Cl. The Balaban J connectivity index is 2.40. The number of esters is 1. The summed E-state index contributed by atoms with van der Waals surface area (Å²) in [6.45, 7) is 0.445. The van der Waals surface area contributed by atoms with Gasteiger partial charge in [0.15, 0.2) is 5.69 Å². The summed E-state index contributed by atoms with van der Waals surface area (Å²) in [5.74, 6) is -0.571. The van der Waals surface area contributed by atoms with E-state index >= 15 is 0 Å². The molecule has 0 aliphatic rings. The number of carbonyl (C=O) groups excluding carboxylic acids is 1. The van der Waals surface area contributed by atoms with E-state index in [1.807, 2.05) is 0 Å². The second-order valence-electron chi connectivity index (χ2n) is 4.17. The highest BCUT2D eigenvalue weighted by molar-refractivity contribution is 6.35. The van der Waals surface area contributed by atoms with Crippen molar-refractivity contribution in [3.8, 4) is 0 Å². The van der Waals surface area contributed by atoms with Gasteiger partial charge in [-0.15, -0.1) is 5.10 Å². The average molecular weight is 330 g/mol. The Hall–Kier alpha value is -1.63. The van der Waals surface area contributed by atoms with Crippen LogP contribution in [0.5, 0.6) is 0 Å². The lowest BCUT2D eigenvalue weighted by Crippen LogP contribution is -2.11. The van der Waals surface area contributed by atoms with Crippen molar-refractivity contribution >= 4 is 29.2 Å². The fourth-order valence-electron chi connectivity index (χ4n) is 1.83. The van der Waals surface area contributed by atoms with E-state index in [-0.39, 0.29) is 18.8 Å². The molecule has 8 heteroatoms. The molecule has 0 fully saturated rings. The van der Waals surface area contributed by atoms with E-state index in [4.69, 9.17) is 27.9 Å². The van der Waals surface area contributed by atoms with Crippen LogP contribution in [-0.2, 0) is 22.6 Å². The van der Waals surface area contributed by atoms with Crippen LogP contribution in [0.2, 0.25) is 10.0 Å². The van der Waals surface area contributed by atoms with Crippen LogP contribution >= 0.6 is 23.2 Å². The van der Waals surface area contributed by atoms with E-state index < -0.39 is 5.97 Å². The predicted molar refractivity (Wildman–Crippen MR) is 77.6 cm³/mol. The Morgan fingerprint density at radius 1 is 1.29 bits per heavy atom. The molecule has 0 N–H and O–H groups in total. The van der Waals surface area contributed by atoms with Crippen molar-refractivity contribution in [1.82, 2.24) is 15.0 Å². The van der Waals surface area contributed by atoms with E-state index in [2.05, 4.69) is 15.0 Å². The molecule has 2 aromatic rings. The van der Waals surface area contributed by atoms with E-state index in [1.165, 1.54) is 18.9 Å². The van der Waals surface area contributed by atoms with E-state index in [9.17, 15) is 4.79 Å². The van der Waals surface area contributed by atoms with Gasteiger partial charge in [0.1, 0.15) is 0 Å². The molecule has 0 radical (unpaired) electrons. The largest absolute Gasteiger partial charge is 0.464 e. The van der Waals surface area contributed by atoms with Crippen molar-refractivity contribution < 1.29 is 14.3 Å². The molecular formula is C13H13Cl2N3O3. The maximum absolute atomic E-state index is 11.7. The summed E-state index contributed by atoms with van der Waals surface area (Å²) in [5.41, 5.74) is 1.31. The fraction of sp³-hybridized carbons (Fsp3) is 0.308. The zero-order valence-electron chi connectivity index (χ0n) is 11.5. The highest BCUT2D eigenvalue weighted by Gasteiger charge is 2.21. The van der Waals surface area contributed by atoms with Gasteiger partial charge in [-0.3, -0.25) is 0 Å². The van der Waals surface area contributed by atoms with Crippen molar-refractivity contribution in [3.63, 3.8) is 0 Å². The third-order valence-corrected chi connectivity index (χ3v) is 3.58. The summed E-state index contributed by atoms with van der Waals surface area (Å²) in [6, 6.07) is 5.22. The van der Waals surface area contributed by atoms with Crippen LogP contribution in [0.15, 0.2) is 18.2 Å². The third-order valence-electron chi connectivity index (χ3n) is 2.87. The normalized spacial score (nSPS) is 10.7. The van der Waals surface area contributed by atoms with Gasteiger partial charge in [-0.05, 0) is 12.1 Å². The first-order valence-corrected chi connectivity index (χ1v) is 6.76. The molecule has 0 aliphatic heterocycles. The lowest BCUT2D eigenvalue weighted by Gasteiger charge is -2.09. The van der Waals surface area contributed by atoms with Crippen molar-refractivity contribution in [1.29, 1.82) is 0 Å². The molecule has 6 nitrogen and oxygen atoms in total. The molecule has 21 heavy (non-hydrogen) atoms. The maximum Gasteiger partial charge on any atom is 0.360 e. The van der Waals surface area contributed by atoms with Gasteiger partial charge in [-0.1, -0.05) is 34.5 Å². The Morgan fingerprint density at radius 3 is 2.52 bits per heavy atom. The molecular weight excluding hydrogens is 317 g/mol. The Kier molecular flexibility index (Phi) is 5.17. The van der Waals surface area contributed by atoms with Crippen molar-refractivity contribution in [2.45, 2.75) is 13.2 Å². The predicted octanol–water partition coefficient (Wildman–Crippen LogP) is 2.57. The molecule has 0 unspecified atom stereocenters. The number of carbonyl (C=O) groups is 1. The quantitative estimate of drug-likeness (QED) is 0.788. The van der Waals surface area contributed by atoms with Crippen molar-refractivity contribution in [3.05, 3.63) is 45.2 Å². The molecule has 1 heterocycles. The summed E-state index contributed by atoms with van der Waals surface area (Å²) in [4.78, 5) is 11.7. The number of ether oxygens (including phenoxy) is 2. The molecule has 0 aliphatic carbocycles. The number of aromatic nitrogens is 3. The molecule has 112 valence electrons.